The molecule has 0 atom stereocenters. The van der Waals surface area contributed by atoms with Crippen LogP contribution in [0.15, 0.2) is 54.6 Å². The first-order valence-corrected chi connectivity index (χ1v) is 15.8. The first kappa shape index (κ1) is 33.4. The lowest BCUT2D eigenvalue weighted by atomic mass is 10.1. The number of para-hydroxylation sites is 1. The van der Waals surface area contributed by atoms with Crippen LogP contribution in [-0.2, 0) is 11.3 Å². The highest BCUT2D eigenvalue weighted by Crippen LogP contribution is 2.32. The topological polar surface area (TPSA) is 146 Å². The number of unbranched alkanes of at least 4 members (excludes halogenated alkanes) is 1. The predicted molar refractivity (Wildman–Crippen MR) is 182 cm³/mol. The van der Waals surface area contributed by atoms with Crippen molar-refractivity contribution in [1.82, 2.24) is 19.8 Å². The van der Waals surface area contributed by atoms with Crippen molar-refractivity contribution in [2.24, 2.45) is 5.73 Å². The van der Waals surface area contributed by atoms with Crippen LogP contribution in [0.3, 0.4) is 0 Å². The van der Waals surface area contributed by atoms with E-state index in [2.05, 4.69) is 27.2 Å². The highest BCUT2D eigenvalue weighted by Gasteiger charge is 2.22. The molecule has 0 saturated carbocycles. The van der Waals surface area contributed by atoms with Crippen molar-refractivity contribution in [2.75, 3.05) is 64.2 Å². The molecule has 4 N–H and O–H groups in total. The predicted octanol–water partition coefficient (Wildman–Crippen LogP) is 4.19. The normalized spacial score (nSPS) is 13.4. The first-order chi connectivity index (χ1) is 22.7. The maximum Gasteiger partial charge on any atom is 0.258 e. The molecule has 0 unspecified atom stereocenters. The van der Waals surface area contributed by atoms with Crippen LogP contribution in [0.2, 0.25) is 0 Å². The number of hydrogen-bond acceptors (Lipinski definition) is 8. The van der Waals surface area contributed by atoms with Gasteiger partial charge >= 0.3 is 0 Å². The second kappa shape index (κ2) is 15.1. The zero-order chi connectivity index (χ0) is 33.5. The van der Waals surface area contributed by atoms with Crippen molar-refractivity contribution in [3.05, 3.63) is 77.1 Å². The second-order valence-electron chi connectivity index (χ2n) is 11.8. The fourth-order valence-corrected chi connectivity index (χ4v) is 5.57. The Hall–Kier alpha value is -4.94. The number of hydrogen-bond donors (Lipinski definition) is 3. The summed E-state index contributed by atoms with van der Waals surface area (Å²) in [5.41, 5.74) is 9.74. The number of nitrogens with zero attached hydrogens (tertiary/aromatic N) is 4. The summed E-state index contributed by atoms with van der Waals surface area (Å²) in [6.45, 7) is 5.99. The van der Waals surface area contributed by atoms with Gasteiger partial charge in [-0.1, -0.05) is 12.1 Å². The minimum Gasteiger partial charge on any atom is -0.495 e. The minimum atomic E-state index is -0.370. The summed E-state index contributed by atoms with van der Waals surface area (Å²) in [6.07, 6.45) is 1.95. The van der Waals surface area contributed by atoms with Crippen molar-refractivity contribution in [2.45, 2.75) is 32.7 Å². The number of H-pyrrole nitrogens is 1. The lowest BCUT2D eigenvalue weighted by molar-refractivity contribution is -0.132. The van der Waals surface area contributed by atoms with Crippen molar-refractivity contribution < 1.29 is 23.9 Å². The Labute approximate surface area is 274 Å². The molecule has 0 spiro atoms. The smallest absolute Gasteiger partial charge is 0.258 e. The average Bonchev–Trinajstić information content (AvgIpc) is 3.52. The first-order valence-electron chi connectivity index (χ1n) is 15.8. The molecule has 12 heteroatoms. The fraction of sp³-hybridized carbons (Fsp3) is 0.371. The summed E-state index contributed by atoms with van der Waals surface area (Å²) >= 11 is 0. The second-order valence-corrected chi connectivity index (χ2v) is 11.8. The SMILES string of the molecule is COc1cc(C(=O)N(C)c2ccc(C)cc2OCCCCC(=O)N2CCN(C)CC2)ccc1NC(=O)c1cccc2[nH]c(CN)nc12. The number of rotatable bonds is 12. The van der Waals surface area contributed by atoms with Crippen LogP contribution in [-0.4, -0.2) is 91.5 Å². The van der Waals surface area contributed by atoms with Crippen molar-refractivity contribution in [3.8, 4) is 11.5 Å². The molecule has 3 aromatic carbocycles. The molecule has 1 aliphatic rings. The Morgan fingerprint density at radius 2 is 1.81 bits per heavy atom. The number of aryl methyl sites for hydroxylation is 1. The van der Waals surface area contributed by atoms with E-state index < -0.39 is 0 Å². The number of carbonyl (C=O) groups is 3. The molecule has 4 aromatic rings. The summed E-state index contributed by atoms with van der Waals surface area (Å²) in [5.74, 6) is 1.05. The van der Waals surface area contributed by atoms with Gasteiger partial charge in [-0.15, -0.1) is 0 Å². The number of fused-ring (bicyclic) bond motifs is 1. The van der Waals surface area contributed by atoms with Crippen molar-refractivity contribution >= 4 is 40.1 Å². The number of carbonyl (C=O) groups excluding carboxylic acids is 3. The van der Waals surface area contributed by atoms with Crippen LogP contribution in [0.25, 0.3) is 11.0 Å². The van der Waals surface area contributed by atoms with Gasteiger partial charge in [-0.3, -0.25) is 14.4 Å². The van der Waals surface area contributed by atoms with E-state index in [1.54, 1.807) is 37.4 Å². The number of likely N-dealkylation sites (N-methyl/N-ethyl adjacent to an activating group) is 1. The summed E-state index contributed by atoms with van der Waals surface area (Å²) in [7, 11) is 5.24. The van der Waals surface area contributed by atoms with E-state index in [1.807, 2.05) is 36.1 Å². The zero-order valence-electron chi connectivity index (χ0n) is 27.5. The molecule has 1 saturated heterocycles. The van der Waals surface area contributed by atoms with Crippen molar-refractivity contribution in [3.63, 3.8) is 0 Å². The molecule has 0 radical (unpaired) electrons. The van der Waals surface area contributed by atoms with E-state index in [0.717, 1.165) is 44.6 Å². The number of nitrogens with one attached hydrogen (secondary N) is 2. The molecule has 0 bridgehead atoms. The third kappa shape index (κ3) is 7.90. The Kier molecular flexibility index (Phi) is 10.7. The monoisotopic (exact) mass is 641 g/mol. The highest BCUT2D eigenvalue weighted by molar-refractivity contribution is 6.12. The van der Waals surface area contributed by atoms with Crippen molar-refractivity contribution in [1.29, 1.82) is 0 Å². The van der Waals surface area contributed by atoms with Gasteiger partial charge in [0.05, 0.1) is 42.7 Å². The largest absolute Gasteiger partial charge is 0.495 e. The molecule has 1 aliphatic heterocycles. The Bertz CT molecular complexity index is 1750. The lowest BCUT2D eigenvalue weighted by Crippen LogP contribution is -2.47. The van der Waals surface area contributed by atoms with Crippen LogP contribution in [0, 0.1) is 6.92 Å². The van der Waals surface area contributed by atoms with Crippen LogP contribution < -0.4 is 25.4 Å². The molecule has 47 heavy (non-hydrogen) atoms. The number of imidazole rings is 1. The number of nitrogens with two attached hydrogens (primary N) is 1. The van der Waals surface area contributed by atoms with Crippen LogP contribution >= 0.6 is 0 Å². The summed E-state index contributed by atoms with van der Waals surface area (Å²) in [6, 6.07) is 15.9. The van der Waals surface area contributed by atoms with Crippen LogP contribution in [0.1, 0.15) is 51.4 Å². The van der Waals surface area contributed by atoms with E-state index in [9.17, 15) is 14.4 Å². The molecule has 5 rings (SSSR count). The molecule has 248 valence electrons. The maximum absolute atomic E-state index is 13.7. The zero-order valence-corrected chi connectivity index (χ0v) is 27.5. The summed E-state index contributed by atoms with van der Waals surface area (Å²) in [5, 5.41) is 2.88. The Morgan fingerprint density at radius 1 is 1.02 bits per heavy atom. The number of anilines is 2. The van der Waals surface area contributed by atoms with E-state index >= 15 is 0 Å². The molecule has 0 aliphatic carbocycles. The molecule has 1 aromatic heterocycles. The van der Waals surface area contributed by atoms with Gasteiger partial charge in [0.25, 0.3) is 11.8 Å². The maximum atomic E-state index is 13.7. The van der Waals surface area contributed by atoms with Gasteiger partial charge in [0, 0.05) is 45.2 Å². The van der Waals surface area contributed by atoms with Gasteiger partial charge in [0.1, 0.15) is 22.8 Å². The number of ether oxygens (including phenoxy) is 2. The summed E-state index contributed by atoms with van der Waals surface area (Å²) < 4.78 is 11.7. The van der Waals surface area contributed by atoms with Gasteiger partial charge < -0.3 is 40.2 Å². The van der Waals surface area contributed by atoms with Gasteiger partial charge in [0.15, 0.2) is 0 Å². The van der Waals surface area contributed by atoms with Gasteiger partial charge in [-0.2, -0.15) is 0 Å². The van der Waals surface area contributed by atoms with Crippen LogP contribution in [0.4, 0.5) is 11.4 Å². The number of aromatic amines is 1. The molecule has 1 fully saturated rings. The summed E-state index contributed by atoms with van der Waals surface area (Å²) in [4.78, 5) is 52.7. The average molecular weight is 642 g/mol. The number of amides is 3. The molecular weight excluding hydrogens is 598 g/mol. The van der Waals surface area contributed by atoms with E-state index in [4.69, 9.17) is 15.2 Å². The standard InChI is InChI=1S/C35H43N7O5/c1-23-11-14-28(30(20-23)47-19-6-5-10-32(43)42-17-15-40(2)16-18-42)41(3)35(45)24-12-13-26(29(21-24)46-4)38-34(44)25-8-7-9-27-33(25)39-31(22-36)37-27/h7-9,11-14,20-21H,5-6,10,15-19,22,36H2,1-4H3,(H,37,39)(H,38,44). The molecule has 12 nitrogen and oxygen atoms in total. The Balaban J connectivity index is 1.22. The fourth-order valence-electron chi connectivity index (χ4n) is 5.57. The molecule has 2 heterocycles. The molecule has 3 amide bonds. The van der Waals surface area contributed by atoms with E-state index in [1.165, 1.54) is 12.0 Å². The highest BCUT2D eigenvalue weighted by atomic mass is 16.5. The number of aromatic nitrogens is 2. The van der Waals surface area contributed by atoms with E-state index in [-0.39, 0.29) is 24.3 Å². The van der Waals surface area contributed by atoms with Gasteiger partial charge in [-0.25, -0.2) is 4.98 Å². The van der Waals surface area contributed by atoms with Gasteiger partial charge in [0.2, 0.25) is 5.91 Å². The number of methoxy groups -OCH3 is 1. The van der Waals surface area contributed by atoms with Gasteiger partial charge in [-0.05, 0) is 74.8 Å². The minimum absolute atomic E-state index is 0.192. The third-order valence-electron chi connectivity index (χ3n) is 8.38. The number of piperazine rings is 1. The third-order valence-corrected chi connectivity index (χ3v) is 8.38. The van der Waals surface area contributed by atoms with Crippen LogP contribution in [0.5, 0.6) is 11.5 Å². The number of benzene rings is 3. The quantitative estimate of drug-likeness (QED) is 0.195. The lowest BCUT2D eigenvalue weighted by Gasteiger charge is -2.32. The molecular formula is C35H43N7O5. The Morgan fingerprint density at radius 3 is 2.55 bits per heavy atom. The van der Waals surface area contributed by atoms with E-state index in [0.29, 0.717) is 63.9 Å².